The maximum absolute atomic E-state index is 13.2. The van der Waals surface area contributed by atoms with Crippen LogP contribution in [0, 0.1) is 28.6 Å². The summed E-state index contributed by atoms with van der Waals surface area (Å²) in [4.78, 5) is 37.9. The van der Waals surface area contributed by atoms with Crippen molar-refractivity contribution in [2.45, 2.75) is 94.2 Å². The van der Waals surface area contributed by atoms with Crippen LogP contribution in [0.25, 0.3) is 0 Å². The Morgan fingerprint density at radius 3 is 2.58 bits per heavy atom. The van der Waals surface area contributed by atoms with Gasteiger partial charge in [-0.2, -0.15) is 0 Å². The summed E-state index contributed by atoms with van der Waals surface area (Å²) < 4.78 is 24.2. The molecule has 0 aromatic heterocycles. The van der Waals surface area contributed by atoms with Crippen LogP contribution in [0.15, 0.2) is 0 Å². The number of fused-ring (bicyclic) bond motifs is 3. The Morgan fingerprint density at radius 1 is 1.06 bits per heavy atom. The number of Topliss-reactive ketones (excluding diaryl/α,β-unsaturated/α-hetero) is 1. The second-order valence-corrected chi connectivity index (χ2v) is 11.7. The van der Waals surface area contributed by atoms with Crippen molar-refractivity contribution in [3.63, 3.8) is 0 Å². The molecule has 0 aromatic carbocycles. The SMILES string of the molecule is COC(=O)[C@H]1CC23O[C@H]2C(=O)CC[C@]3(C)[C@]23OC2C[C@@]2(C)C(CCC24CCC(=O)O4)C13. The smallest absolute Gasteiger partial charge is 0.309 e. The number of methoxy groups -OCH3 is 1. The van der Waals surface area contributed by atoms with E-state index < -0.39 is 22.9 Å². The summed E-state index contributed by atoms with van der Waals surface area (Å²) in [5, 5.41) is 0. The van der Waals surface area contributed by atoms with Crippen molar-refractivity contribution >= 4 is 17.7 Å². The molecule has 31 heavy (non-hydrogen) atoms. The van der Waals surface area contributed by atoms with Crippen molar-refractivity contribution in [1.29, 1.82) is 0 Å². The van der Waals surface area contributed by atoms with Crippen molar-refractivity contribution in [3.8, 4) is 0 Å². The molecule has 0 aromatic rings. The van der Waals surface area contributed by atoms with Crippen molar-refractivity contribution in [3.05, 3.63) is 0 Å². The first-order valence-corrected chi connectivity index (χ1v) is 11.9. The van der Waals surface area contributed by atoms with Gasteiger partial charge in [0, 0.05) is 29.6 Å². The second-order valence-electron chi connectivity index (χ2n) is 11.7. The van der Waals surface area contributed by atoms with Crippen LogP contribution in [-0.4, -0.2) is 53.8 Å². The number of ether oxygens (including phenoxy) is 4. The standard InChI is InChI=1S/C24H30O7/c1-20-11-15-24(29-15)17(13(20)4-8-22(20)9-6-16(26)30-22)12(19(27)28-3)10-23-18(31-23)14(25)5-7-21(23,24)2/h12-13,15,17-18H,4-11H2,1-3H3/t12-,13?,15?,17?,18-,20-,21-,22?,23?,24-/m0/s1. The van der Waals surface area contributed by atoms with Gasteiger partial charge in [-0.25, -0.2) is 0 Å². The van der Waals surface area contributed by atoms with Crippen LogP contribution in [0.5, 0.6) is 0 Å². The Balaban J connectivity index is 1.37. The van der Waals surface area contributed by atoms with Crippen LogP contribution in [-0.2, 0) is 33.3 Å². The third kappa shape index (κ3) is 1.77. The minimum atomic E-state index is -0.601. The van der Waals surface area contributed by atoms with E-state index in [0.717, 1.165) is 32.1 Å². The molecule has 7 rings (SSSR count). The number of epoxide rings is 2. The Morgan fingerprint density at radius 2 is 1.87 bits per heavy atom. The molecule has 0 N–H and O–H groups in total. The fourth-order valence-electron chi connectivity index (χ4n) is 9.63. The first-order chi connectivity index (χ1) is 14.7. The van der Waals surface area contributed by atoms with E-state index in [9.17, 15) is 14.4 Å². The molecule has 10 atom stereocenters. The van der Waals surface area contributed by atoms with Gasteiger partial charge in [-0.1, -0.05) is 13.8 Å². The first-order valence-electron chi connectivity index (χ1n) is 11.9. The number of rotatable bonds is 1. The Hall–Kier alpha value is -1.47. The lowest BCUT2D eigenvalue weighted by molar-refractivity contribution is -0.184. The Kier molecular flexibility index (Phi) is 3.19. The van der Waals surface area contributed by atoms with Gasteiger partial charge in [-0.05, 0) is 44.4 Å². The number of hydrogen-bond acceptors (Lipinski definition) is 7. The molecule has 7 fully saturated rings. The average Bonchev–Trinajstić information content (AvgIpc) is 3.59. The van der Waals surface area contributed by atoms with Gasteiger partial charge in [0.1, 0.15) is 22.9 Å². The molecule has 7 aliphatic rings. The summed E-state index contributed by atoms with van der Waals surface area (Å²) in [5.74, 6) is -0.325. The lowest BCUT2D eigenvalue weighted by Gasteiger charge is -2.59. The third-order valence-corrected chi connectivity index (χ3v) is 11.2. The summed E-state index contributed by atoms with van der Waals surface area (Å²) in [6, 6.07) is 0. The van der Waals surface area contributed by atoms with E-state index in [1.165, 1.54) is 7.11 Å². The summed E-state index contributed by atoms with van der Waals surface area (Å²) in [5.41, 5.74) is -2.00. The molecule has 7 heteroatoms. The molecule has 0 amide bonds. The van der Waals surface area contributed by atoms with Crippen molar-refractivity contribution < 1.29 is 33.3 Å². The molecule has 5 unspecified atom stereocenters. The highest BCUT2D eigenvalue weighted by molar-refractivity contribution is 5.89. The Bertz CT molecular complexity index is 946. The first kappa shape index (κ1) is 19.0. The summed E-state index contributed by atoms with van der Waals surface area (Å²) >= 11 is 0. The molecule has 3 heterocycles. The van der Waals surface area contributed by atoms with Gasteiger partial charge >= 0.3 is 11.9 Å². The number of hydrogen-bond donors (Lipinski definition) is 0. The molecule has 4 aliphatic carbocycles. The van der Waals surface area contributed by atoms with Crippen LogP contribution >= 0.6 is 0 Å². The van der Waals surface area contributed by atoms with Crippen molar-refractivity contribution in [2.75, 3.05) is 7.11 Å². The van der Waals surface area contributed by atoms with E-state index >= 15 is 0 Å². The zero-order valence-corrected chi connectivity index (χ0v) is 18.4. The summed E-state index contributed by atoms with van der Waals surface area (Å²) in [6.07, 6.45) is 5.22. The molecule has 168 valence electrons. The van der Waals surface area contributed by atoms with Crippen molar-refractivity contribution in [1.82, 2.24) is 0 Å². The maximum Gasteiger partial charge on any atom is 0.309 e. The van der Waals surface area contributed by atoms with E-state index in [4.69, 9.17) is 18.9 Å². The topological polar surface area (TPSA) is 94.7 Å². The minimum Gasteiger partial charge on any atom is -0.469 e. The average molecular weight is 430 g/mol. The van der Waals surface area contributed by atoms with E-state index in [1.54, 1.807) is 0 Å². The maximum atomic E-state index is 13.2. The van der Waals surface area contributed by atoms with Gasteiger partial charge < -0.3 is 18.9 Å². The molecule has 7 nitrogen and oxygen atoms in total. The zero-order valence-electron chi connectivity index (χ0n) is 18.4. The minimum absolute atomic E-state index is 0.000380. The fourth-order valence-corrected chi connectivity index (χ4v) is 9.63. The van der Waals surface area contributed by atoms with E-state index in [-0.39, 0.29) is 52.4 Å². The highest BCUT2D eigenvalue weighted by Gasteiger charge is 2.91. The number of carbonyl (C=O) groups excluding carboxylic acids is 3. The monoisotopic (exact) mass is 430 g/mol. The van der Waals surface area contributed by atoms with Gasteiger partial charge in [-0.3, -0.25) is 14.4 Å². The number of esters is 2. The molecule has 0 bridgehead atoms. The lowest BCUT2D eigenvalue weighted by Crippen LogP contribution is -2.68. The predicted octanol–water partition coefficient (Wildman–Crippen LogP) is 2.34. The number of carbonyl (C=O) groups is 3. The summed E-state index contributed by atoms with van der Waals surface area (Å²) in [7, 11) is 1.44. The van der Waals surface area contributed by atoms with Gasteiger partial charge in [0.25, 0.3) is 0 Å². The van der Waals surface area contributed by atoms with Crippen LogP contribution in [0.3, 0.4) is 0 Å². The van der Waals surface area contributed by atoms with Crippen molar-refractivity contribution in [2.24, 2.45) is 28.6 Å². The zero-order chi connectivity index (χ0) is 21.6. The quantitative estimate of drug-likeness (QED) is 0.465. The van der Waals surface area contributed by atoms with Crippen LogP contribution in [0.2, 0.25) is 0 Å². The van der Waals surface area contributed by atoms with Gasteiger partial charge in [0.05, 0.1) is 19.1 Å². The molecular weight excluding hydrogens is 400 g/mol. The third-order valence-electron chi connectivity index (χ3n) is 11.2. The lowest BCUT2D eigenvalue weighted by atomic mass is 9.41. The van der Waals surface area contributed by atoms with E-state index in [0.29, 0.717) is 19.3 Å². The van der Waals surface area contributed by atoms with Gasteiger partial charge in [0.2, 0.25) is 0 Å². The molecule has 3 saturated heterocycles. The van der Waals surface area contributed by atoms with Crippen LogP contribution in [0.4, 0.5) is 0 Å². The van der Waals surface area contributed by atoms with Crippen LogP contribution in [0.1, 0.15) is 65.2 Å². The van der Waals surface area contributed by atoms with Crippen LogP contribution < -0.4 is 0 Å². The molecule has 0 radical (unpaired) electrons. The second kappa shape index (κ2) is 5.19. The Labute approximate surface area is 181 Å². The molecular formula is C24H30O7. The fraction of sp³-hybridized carbons (Fsp3) is 0.875. The van der Waals surface area contributed by atoms with E-state index in [2.05, 4.69) is 13.8 Å². The molecule has 4 saturated carbocycles. The molecule has 3 aliphatic heterocycles. The van der Waals surface area contributed by atoms with Gasteiger partial charge in [-0.15, -0.1) is 0 Å². The highest BCUT2D eigenvalue weighted by atomic mass is 16.6. The van der Waals surface area contributed by atoms with E-state index in [1.807, 2.05) is 0 Å². The summed E-state index contributed by atoms with van der Waals surface area (Å²) in [6.45, 7) is 4.50. The highest BCUT2D eigenvalue weighted by Crippen LogP contribution is 2.82. The normalized spacial score (nSPS) is 60.3. The van der Waals surface area contributed by atoms with Gasteiger partial charge in [0.15, 0.2) is 5.78 Å². The number of ketones is 1. The predicted molar refractivity (Wildman–Crippen MR) is 105 cm³/mol. The largest absolute Gasteiger partial charge is 0.469 e. The molecule has 3 spiro atoms.